The molecule has 0 amide bonds. The Bertz CT molecular complexity index is 1960. The average molecular weight is 474 g/mol. The first-order chi connectivity index (χ1) is 17.6. The number of ether oxygens (including phenoxy) is 2. The molecule has 0 radical (unpaired) electrons. The van der Waals surface area contributed by atoms with Crippen LogP contribution in [0, 0.1) is 12.3 Å². The number of benzene rings is 4. The van der Waals surface area contributed by atoms with E-state index >= 15 is 0 Å². The normalized spacial score (nSPS) is 11.2. The fourth-order valence-corrected chi connectivity index (χ4v) is 4.43. The van der Waals surface area contributed by atoms with Gasteiger partial charge in [0.15, 0.2) is 0 Å². The van der Waals surface area contributed by atoms with Gasteiger partial charge in [0.1, 0.15) is 35.9 Å². The molecule has 6 rings (SSSR count). The minimum atomic E-state index is -0.529. The van der Waals surface area contributed by atoms with Crippen LogP contribution in [0.1, 0.15) is 5.56 Å². The molecule has 0 N–H and O–H groups in total. The van der Waals surface area contributed by atoms with Crippen molar-refractivity contribution in [3.8, 4) is 23.8 Å². The summed E-state index contributed by atoms with van der Waals surface area (Å²) in [4.78, 5) is 24.5. The summed E-state index contributed by atoms with van der Waals surface area (Å²) in [5, 5.41) is 4.79. The molecule has 4 aromatic carbocycles. The molecule has 0 saturated heterocycles. The van der Waals surface area contributed by atoms with Crippen LogP contribution in [0.3, 0.4) is 0 Å². The molecule has 0 fully saturated rings. The van der Waals surface area contributed by atoms with E-state index in [4.69, 9.17) is 24.7 Å². The van der Waals surface area contributed by atoms with E-state index in [1.165, 1.54) is 12.1 Å². The van der Waals surface area contributed by atoms with Gasteiger partial charge >= 0.3 is 11.3 Å². The molecule has 0 spiro atoms. The van der Waals surface area contributed by atoms with Crippen LogP contribution in [-0.2, 0) is 6.61 Å². The Hall–Kier alpha value is -5.02. The Labute approximate surface area is 204 Å². The average Bonchev–Trinajstić information content (AvgIpc) is 2.90. The number of hydrogen-bond donors (Lipinski definition) is 0. The molecule has 174 valence electrons. The van der Waals surface area contributed by atoms with E-state index in [9.17, 15) is 9.59 Å². The van der Waals surface area contributed by atoms with Gasteiger partial charge in [0.25, 0.3) is 0 Å². The van der Waals surface area contributed by atoms with Gasteiger partial charge in [-0.25, -0.2) is 9.59 Å². The molecule has 0 aliphatic heterocycles. The Kier molecular flexibility index (Phi) is 5.16. The molecule has 0 bridgehead atoms. The molecular weight excluding hydrogens is 456 g/mol. The van der Waals surface area contributed by atoms with Crippen molar-refractivity contribution in [2.75, 3.05) is 6.61 Å². The molecule has 0 aliphatic carbocycles. The van der Waals surface area contributed by atoms with Crippen LogP contribution in [0.2, 0.25) is 0 Å². The lowest BCUT2D eigenvalue weighted by Gasteiger charge is -2.11. The molecule has 6 aromatic rings. The molecule has 2 heterocycles. The monoisotopic (exact) mass is 474 g/mol. The predicted octanol–water partition coefficient (Wildman–Crippen LogP) is 5.80. The summed E-state index contributed by atoms with van der Waals surface area (Å²) in [5.41, 5.74) is 0.709. The first kappa shape index (κ1) is 21.5. The van der Waals surface area contributed by atoms with Crippen molar-refractivity contribution in [3.63, 3.8) is 0 Å². The van der Waals surface area contributed by atoms with Crippen molar-refractivity contribution in [2.24, 2.45) is 0 Å². The molecular formula is C30H18O6. The SMILES string of the molecule is C#CCOc1cc(=O)oc2c1ccc1ccc(COc3cc(=O)oc4c3ccc3ccccc34)cc12. The number of rotatable bonds is 5. The summed E-state index contributed by atoms with van der Waals surface area (Å²) in [7, 11) is 0. The molecule has 6 nitrogen and oxygen atoms in total. The van der Waals surface area contributed by atoms with Crippen LogP contribution in [0.25, 0.3) is 43.5 Å². The maximum Gasteiger partial charge on any atom is 0.339 e. The van der Waals surface area contributed by atoms with Crippen molar-refractivity contribution in [3.05, 3.63) is 105 Å². The van der Waals surface area contributed by atoms with Crippen molar-refractivity contribution < 1.29 is 18.3 Å². The highest BCUT2D eigenvalue weighted by molar-refractivity contribution is 6.07. The number of fused-ring (bicyclic) bond motifs is 6. The molecule has 36 heavy (non-hydrogen) atoms. The Morgan fingerprint density at radius 2 is 1.28 bits per heavy atom. The predicted molar refractivity (Wildman–Crippen MR) is 139 cm³/mol. The zero-order valence-electron chi connectivity index (χ0n) is 18.9. The van der Waals surface area contributed by atoms with E-state index in [0.29, 0.717) is 33.4 Å². The van der Waals surface area contributed by atoms with E-state index in [0.717, 1.165) is 27.1 Å². The Morgan fingerprint density at radius 1 is 0.667 bits per heavy atom. The van der Waals surface area contributed by atoms with E-state index in [-0.39, 0.29) is 13.2 Å². The smallest absolute Gasteiger partial charge is 0.339 e. The molecule has 0 aliphatic rings. The van der Waals surface area contributed by atoms with Gasteiger partial charge in [-0.1, -0.05) is 54.5 Å². The third-order valence-corrected chi connectivity index (χ3v) is 6.06. The van der Waals surface area contributed by atoms with Gasteiger partial charge in [-0.3, -0.25) is 0 Å². The second-order valence-electron chi connectivity index (χ2n) is 8.30. The van der Waals surface area contributed by atoms with Gasteiger partial charge in [0.2, 0.25) is 0 Å². The number of terminal acetylenes is 1. The summed E-state index contributed by atoms with van der Waals surface area (Å²) in [6.45, 7) is 0.230. The van der Waals surface area contributed by atoms with Crippen LogP contribution in [-0.4, -0.2) is 6.61 Å². The quantitative estimate of drug-likeness (QED) is 0.179. The topological polar surface area (TPSA) is 78.9 Å². The lowest BCUT2D eigenvalue weighted by atomic mass is 10.0. The van der Waals surface area contributed by atoms with E-state index in [1.54, 1.807) is 0 Å². The third kappa shape index (κ3) is 3.73. The van der Waals surface area contributed by atoms with Gasteiger partial charge in [-0.05, 0) is 34.5 Å². The zero-order chi connectivity index (χ0) is 24.6. The molecule has 6 heteroatoms. The van der Waals surface area contributed by atoms with Crippen LogP contribution >= 0.6 is 0 Å². The van der Waals surface area contributed by atoms with Crippen molar-refractivity contribution in [1.82, 2.24) is 0 Å². The first-order valence-electron chi connectivity index (χ1n) is 11.2. The molecule has 0 saturated carbocycles. The van der Waals surface area contributed by atoms with Gasteiger partial charge < -0.3 is 18.3 Å². The van der Waals surface area contributed by atoms with Crippen molar-refractivity contribution in [1.29, 1.82) is 0 Å². The fourth-order valence-electron chi connectivity index (χ4n) is 4.43. The minimum absolute atomic E-state index is 0.0405. The lowest BCUT2D eigenvalue weighted by Crippen LogP contribution is -2.03. The highest BCUT2D eigenvalue weighted by Crippen LogP contribution is 2.33. The summed E-state index contributed by atoms with van der Waals surface area (Å²) in [6.07, 6.45) is 5.31. The summed E-state index contributed by atoms with van der Waals surface area (Å²) in [6, 6.07) is 23.7. The molecule has 0 atom stereocenters. The van der Waals surface area contributed by atoms with Gasteiger partial charge in [0, 0.05) is 10.8 Å². The Morgan fingerprint density at radius 3 is 2.00 bits per heavy atom. The minimum Gasteiger partial charge on any atom is -0.488 e. The lowest BCUT2D eigenvalue weighted by molar-refractivity contribution is 0.307. The van der Waals surface area contributed by atoms with Gasteiger partial charge in [-0.15, -0.1) is 6.42 Å². The zero-order valence-corrected chi connectivity index (χ0v) is 18.9. The van der Waals surface area contributed by atoms with Gasteiger partial charge in [-0.2, -0.15) is 0 Å². The fraction of sp³-hybridized carbons (Fsp3) is 0.0667. The van der Waals surface area contributed by atoms with Crippen LogP contribution in [0.4, 0.5) is 0 Å². The highest BCUT2D eigenvalue weighted by Gasteiger charge is 2.13. The van der Waals surface area contributed by atoms with Crippen LogP contribution < -0.4 is 20.7 Å². The van der Waals surface area contributed by atoms with Crippen molar-refractivity contribution >= 4 is 43.5 Å². The standard InChI is InChI=1S/C30H18O6/c1-2-13-33-25-15-27(31)36-30-22(25)12-10-20-8-7-18(14-24(20)30)17-34-26-16-28(32)35-29-21-6-4-3-5-19(21)9-11-23(26)29/h1,3-12,14-16H,13,17H2. The third-order valence-electron chi connectivity index (χ3n) is 6.06. The van der Waals surface area contributed by atoms with Gasteiger partial charge in [0.05, 0.1) is 22.9 Å². The highest BCUT2D eigenvalue weighted by atomic mass is 16.5. The van der Waals surface area contributed by atoms with E-state index in [2.05, 4.69) is 5.92 Å². The van der Waals surface area contributed by atoms with Crippen LogP contribution in [0.15, 0.2) is 97.3 Å². The van der Waals surface area contributed by atoms with Crippen molar-refractivity contribution in [2.45, 2.75) is 6.61 Å². The largest absolute Gasteiger partial charge is 0.488 e. The first-order valence-corrected chi connectivity index (χ1v) is 11.2. The molecule has 0 unspecified atom stereocenters. The Balaban J connectivity index is 1.41. The molecule has 2 aromatic heterocycles. The second kappa shape index (κ2) is 8.64. The second-order valence-corrected chi connectivity index (χ2v) is 8.30. The maximum absolute atomic E-state index is 12.3. The maximum atomic E-state index is 12.3. The van der Waals surface area contributed by atoms with E-state index in [1.807, 2.05) is 66.7 Å². The van der Waals surface area contributed by atoms with Crippen LogP contribution in [0.5, 0.6) is 11.5 Å². The van der Waals surface area contributed by atoms with E-state index < -0.39 is 11.3 Å². The summed E-state index contributed by atoms with van der Waals surface area (Å²) >= 11 is 0. The summed E-state index contributed by atoms with van der Waals surface area (Å²) in [5.74, 6) is 3.21. The summed E-state index contributed by atoms with van der Waals surface area (Å²) < 4.78 is 22.7. The number of hydrogen-bond acceptors (Lipinski definition) is 6.